The molecule has 37 heavy (non-hydrogen) atoms. The highest BCUT2D eigenvalue weighted by Crippen LogP contribution is 2.37. The topological polar surface area (TPSA) is 129 Å². The summed E-state index contributed by atoms with van der Waals surface area (Å²) >= 11 is 0. The summed E-state index contributed by atoms with van der Waals surface area (Å²) in [6, 6.07) is 9.78. The van der Waals surface area contributed by atoms with Gasteiger partial charge in [-0.1, -0.05) is 12.1 Å². The quantitative estimate of drug-likeness (QED) is 0.445. The standard InChI is InChI=1S/C26H29N5O6/c1-30(2)9-8-27-22(32)16-5-4-15-11-21(37-20(15)10-16)26(24(34)28-25(35)29-26)14-31-13-17-6-7-18(36-3)12-19(17)23(31)33/h4-7,10,12,21H,8-9,11,13-14H2,1-3H3,(H,27,32)(H2,28,29,34,35)/t21?,26-/m0/s1. The van der Waals surface area contributed by atoms with Gasteiger partial charge in [-0.25, -0.2) is 4.79 Å². The van der Waals surface area contributed by atoms with Gasteiger partial charge >= 0.3 is 6.03 Å². The van der Waals surface area contributed by atoms with Crippen LogP contribution in [0.15, 0.2) is 36.4 Å². The molecular formula is C26H29N5O6. The summed E-state index contributed by atoms with van der Waals surface area (Å²) in [4.78, 5) is 54.7. The van der Waals surface area contributed by atoms with E-state index in [-0.39, 0.29) is 18.4 Å². The lowest BCUT2D eigenvalue weighted by atomic mass is 9.88. The Bertz CT molecular complexity index is 1290. The number of nitrogens with zero attached hydrogens (tertiary/aromatic N) is 2. The van der Waals surface area contributed by atoms with Gasteiger partial charge in [0.25, 0.3) is 17.7 Å². The van der Waals surface area contributed by atoms with Crippen LogP contribution < -0.4 is 25.4 Å². The summed E-state index contributed by atoms with van der Waals surface area (Å²) in [5, 5.41) is 7.91. The van der Waals surface area contributed by atoms with Crippen molar-refractivity contribution < 1.29 is 28.7 Å². The van der Waals surface area contributed by atoms with E-state index in [1.165, 1.54) is 12.0 Å². The van der Waals surface area contributed by atoms with Crippen LogP contribution >= 0.6 is 0 Å². The first-order chi connectivity index (χ1) is 17.7. The number of rotatable bonds is 8. The number of carbonyl (C=O) groups excluding carboxylic acids is 4. The number of fused-ring (bicyclic) bond motifs is 2. The molecule has 3 heterocycles. The molecule has 3 aliphatic rings. The van der Waals surface area contributed by atoms with Gasteiger partial charge < -0.3 is 29.9 Å². The van der Waals surface area contributed by atoms with Gasteiger partial charge in [0, 0.05) is 37.2 Å². The Morgan fingerprint density at radius 3 is 2.68 bits per heavy atom. The lowest BCUT2D eigenvalue weighted by Gasteiger charge is -2.34. The van der Waals surface area contributed by atoms with Crippen LogP contribution in [0.5, 0.6) is 11.5 Å². The molecule has 0 aromatic heterocycles. The summed E-state index contributed by atoms with van der Waals surface area (Å²) in [5.41, 5.74) is 1.06. The molecule has 1 unspecified atom stereocenters. The zero-order valence-electron chi connectivity index (χ0n) is 20.9. The summed E-state index contributed by atoms with van der Waals surface area (Å²) in [7, 11) is 5.38. The second-order valence-corrected chi connectivity index (χ2v) is 9.76. The molecule has 2 aromatic carbocycles. The molecule has 0 spiro atoms. The first-order valence-electron chi connectivity index (χ1n) is 12.0. The number of likely N-dealkylation sites (N-methyl/N-ethyl adjacent to an activating group) is 1. The summed E-state index contributed by atoms with van der Waals surface area (Å²) in [6.07, 6.45) is -0.444. The molecule has 5 rings (SSSR count). The summed E-state index contributed by atoms with van der Waals surface area (Å²) in [5.74, 6) is -0.00652. The molecule has 0 radical (unpaired) electrons. The molecule has 3 aliphatic heterocycles. The van der Waals surface area contributed by atoms with E-state index in [2.05, 4.69) is 16.0 Å². The van der Waals surface area contributed by atoms with Gasteiger partial charge in [0.1, 0.15) is 17.6 Å². The maximum absolute atomic E-state index is 13.2. The van der Waals surface area contributed by atoms with E-state index >= 15 is 0 Å². The van der Waals surface area contributed by atoms with E-state index < -0.39 is 23.6 Å². The second kappa shape index (κ2) is 9.40. The Morgan fingerprint density at radius 2 is 1.97 bits per heavy atom. The molecule has 11 nitrogen and oxygen atoms in total. The van der Waals surface area contributed by atoms with Crippen molar-refractivity contribution in [2.45, 2.75) is 24.6 Å². The van der Waals surface area contributed by atoms with Crippen molar-refractivity contribution in [2.24, 2.45) is 0 Å². The van der Waals surface area contributed by atoms with Crippen molar-refractivity contribution in [3.8, 4) is 11.5 Å². The Balaban J connectivity index is 1.36. The minimum Gasteiger partial charge on any atom is -0.497 e. The maximum Gasteiger partial charge on any atom is 0.322 e. The second-order valence-electron chi connectivity index (χ2n) is 9.76. The average molecular weight is 508 g/mol. The fraction of sp³-hybridized carbons (Fsp3) is 0.385. The molecule has 0 aliphatic carbocycles. The molecule has 1 fully saturated rings. The van der Waals surface area contributed by atoms with E-state index in [0.29, 0.717) is 48.7 Å². The molecule has 194 valence electrons. The van der Waals surface area contributed by atoms with Crippen molar-refractivity contribution in [2.75, 3.05) is 40.8 Å². The number of ether oxygens (including phenoxy) is 2. The van der Waals surface area contributed by atoms with Crippen molar-refractivity contribution in [3.63, 3.8) is 0 Å². The van der Waals surface area contributed by atoms with Crippen LogP contribution in [0.2, 0.25) is 0 Å². The fourth-order valence-electron chi connectivity index (χ4n) is 4.98. The van der Waals surface area contributed by atoms with Crippen LogP contribution in [0.25, 0.3) is 0 Å². The predicted octanol–water partition coefficient (Wildman–Crippen LogP) is 0.524. The number of methoxy groups -OCH3 is 1. The highest BCUT2D eigenvalue weighted by molar-refractivity contribution is 6.08. The molecule has 11 heteroatoms. The van der Waals surface area contributed by atoms with Gasteiger partial charge in [-0.3, -0.25) is 19.7 Å². The van der Waals surface area contributed by atoms with Gasteiger partial charge in [0.2, 0.25) is 0 Å². The molecule has 0 saturated carbocycles. The first kappa shape index (κ1) is 24.6. The van der Waals surface area contributed by atoms with Gasteiger partial charge in [0.05, 0.1) is 13.7 Å². The predicted molar refractivity (Wildman–Crippen MR) is 133 cm³/mol. The van der Waals surface area contributed by atoms with E-state index in [9.17, 15) is 19.2 Å². The normalized spacial score (nSPS) is 21.9. The molecule has 1 saturated heterocycles. The molecule has 2 aromatic rings. The number of benzene rings is 2. The lowest BCUT2D eigenvalue weighted by Crippen LogP contribution is -2.64. The maximum atomic E-state index is 13.2. The molecule has 2 atom stereocenters. The Labute approximate surface area is 214 Å². The van der Waals surface area contributed by atoms with Crippen LogP contribution in [-0.2, 0) is 17.8 Å². The molecule has 3 N–H and O–H groups in total. The number of nitrogens with one attached hydrogen (secondary N) is 3. The largest absolute Gasteiger partial charge is 0.497 e. The average Bonchev–Trinajstić information content (AvgIpc) is 3.52. The molecule has 5 amide bonds. The number of imide groups is 1. The number of hydrogen-bond donors (Lipinski definition) is 3. The summed E-state index contributed by atoms with van der Waals surface area (Å²) < 4.78 is 11.4. The van der Waals surface area contributed by atoms with Gasteiger partial charge in [-0.05, 0) is 49.5 Å². The van der Waals surface area contributed by atoms with Crippen LogP contribution in [0, 0.1) is 0 Å². The van der Waals surface area contributed by atoms with Crippen molar-refractivity contribution in [1.82, 2.24) is 25.8 Å². The van der Waals surface area contributed by atoms with Crippen molar-refractivity contribution in [3.05, 3.63) is 58.7 Å². The fourth-order valence-corrected chi connectivity index (χ4v) is 4.98. The minimum absolute atomic E-state index is 0.0725. The van der Waals surface area contributed by atoms with E-state index in [1.54, 1.807) is 30.3 Å². The number of hydrogen-bond acceptors (Lipinski definition) is 7. The van der Waals surface area contributed by atoms with Crippen LogP contribution in [0.3, 0.4) is 0 Å². The van der Waals surface area contributed by atoms with Crippen LogP contribution in [-0.4, -0.2) is 86.0 Å². The Hall–Kier alpha value is -4.12. The van der Waals surface area contributed by atoms with E-state index in [4.69, 9.17) is 9.47 Å². The third kappa shape index (κ3) is 4.46. The smallest absolute Gasteiger partial charge is 0.322 e. The van der Waals surface area contributed by atoms with Gasteiger partial charge in [-0.15, -0.1) is 0 Å². The van der Waals surface area contributed by atoms with Crippen molar-refractivity contribution >= 4 is 23.8 Å². The van der Waals surface area contributed by atoms with Gasteiger partial charge in [0.15, 0.2) is 5.54 Å². The highest BCUT2D eigenvalue weighted by Gasteiger charge is 2.57. The van der Waals surface area contributed by atoms with E-state index in [0.717, 1.165) is 11.1 Å². The monoisotopic (exact) mass is 507 g/mol. The lowest BCUT2D eigenvalue weighted by molar-refractivity contribution is -0.127. The van der Waals surface area contributed by atoms with Crippen molar-refractivity contribution in [1.29, 1.82) is 0 Å². The Morgan fingerprint density at radius 1 is 1.19 bits per heavy atom. The third-order valence-electron chi connectivity index (χ3n) is 7.00. The van der Waals surface area contributed by atoms with Gasteiger partial charge in [-0.2, -0.15) is 0 Å². The SMILES string of the molecule is COc1ccc2c(c1)C(=O)N(C[C@@]1(C3Cc4ccc(C(=O)NCCN(C)C)cc4O3)NC(=O)NC1=O)C2. The third-order valence-corrected chi connectivity index (χ3v) is 7.00. The highest BCUT2D eigenvalue weighted by atomic mass is 16.5. The number of carbonyl (C=O) groups is 4. The first-order valence-corrected chi connectivity index (χ1v) is 12.0. The zero-order valence-corrected chi connectivity index (χ0v) is 20.9. The van der Waals surface area contributed by atoms with Crippen LogP contribution in [0.1, 0.15) is 31.8 Å². The Kier molecular flexibility index (Phi) is 6.24. The van der Waals surface area contributed by atoms with Crippen LogP contribution in [0.4, 0.5) is 4.79 Å². The van der Waals surface area contributed by atoms with E-state index in [1.807, 2.05) is 25.1 Å². The zero-order chi connectivity index (χ0) is 26.3. The minimum atomic E-state index is -1.49. The summed E-state index contributed by atoms with van der Waals surface area (Å²) in [6.45, 7) is 1.43. The molecule has 0 bridgehead atoms. The number of urea groups is 1. The molecular weight excluding hydrogens is 478 g/mol. The number of amides is 5.